The number of carbonyl (C=O) groups excluding carboxylic acids is 1. The molecule has 1 atom stereocenters. The first-order chi connectivity index (χ1) is 8.11. The van der Waals surface area contributed by atoms with Crippen LogP contribution in [-0.2, 0) is 4.79 Å². The van der Waals surface area contributed by atoms with Gasteiger partial charge in [-0.05, 0) is 47.7 Å². The number of halogens is 1. The normalized spacial score (nSPS) is 11.4. The van der Waals surface area contributed by atoms with Crippen molar-refractivity contribution in [2.45, 2.75) is 19.4 Å². The molecule has 0 spiro atoms. The van der Waals surface area contributed by atoms with E-state index < -0.39 is 0 Å². The minimum absolute atomic E-state index is 0.0319. The molecule has 0 aliphatic rings. The van der Waals surface area contributed by atoms with Gasteiger partial charge in [-0.25, -0.2) is 0 Å². The van der Waals surface area contributed by atoms with Gasteiger partial charge in [-0.1, -0.05) is 6.07 Å². The molecule has 0 aliphatic heterocycles. The van der Waals surface area contributed by atoms with Crippen LogP contribution in [0.15, 0.2) is 24.3 Å². The summed E-state index contributed by atoms with van der Waals surface area (Å²) in [7, 11) is 0. The van der Waals surface area contributed by atoms with E-state index in [1.54, 1.807) is 13.0 Å². The van der Waals surface area contributed by atoms with Gasteiger partial charge in [0.2, 0.25) is 0 Å². The van der Waals surface area contributed by atoms with Crippen LogP contribution in [0.4, 0.5) is 0 Å². The Bertz CT molecular complexity index is 429. The Hall–Kier alpha value is -1.29. The predicted octanol–water partition coefficient (Wildman–Crippen LogP) is 2.09. The molecule has 90 valence electrons. The van der Waals surface area contributed by atoms with Crippen LogP contribution in [0.3, 0.4) is 0 Å². The molecule has 0 bridgehead atoms. The number of hydrogen-bond acceptors (Lipinski definition) is 3. The molecule has 0 radical (unpaired) electrons. The van der Waals surface area contributed by atoms with Crippen LogP contribution >= 0.6 is 22.6 Å². The molecule has 4 nitrogen and oxygen atoms in total. The fourth-order valence-corrected chi connectivity index (χ4v) is 1.72. The van der Waals surface area contributed by atoms with Gasteiger partial charge < -0.3 is 10.1 Å². The molecule has 17 heavy (non-hydrogen) atoms. The summed E-state index contributed by atoms with van der Waals surface area (Å²) in [6, 6.07) is 9.32. The van der Waals surface area contributed by atoms with Gasteiger partial charge in [0.25, 0.3) is 5.91 Å². The van der Waals surface area contributed by atoms with E-state index in [2.05, 4.69) is 27.9 Å². The smallest absolute Gasteiger partial charge is 0.258 e. The lowest BCUT2D eigenvalue weighted by Gasteiger charge is -2.11. The monoisotopic (exact) mass is 344 g/mol. The van der Waals surface area contributed by atoms with Gasteiger partial charge in [-0.3, -0.25) is 4.79 Å². The minimum atomic E-state index is -0.216. The summed E-state index contributed by atoms with van der Waals surface area (Å²) in [5.41, 5.74) is 0. The highest BCUT2D eigenvalue weighted by Crippen LogP contribution is 2.14. The van der Waals surface area contributed by atoms with E-state index in [-0.39, 0.29) is 18.6 Å². The predicted molar refractivity (Wildman–Crippen MR) is 72.5 cm³/mol. The van der Waals surface area contributed by atoms with E-state index in [1.165, 1.54) is 0 Å². The van der Waals surface area contributed by atoms with Crippen LogP contribution in [0, 0.1) is 14.9 Å². The lowest BCUT2D eigenvalue weighted by Crippen LogP contribution is -2.35. The van der Waals surface area contributed by atoms with E-state index in [1.807, 2.05) is 24.3 Å². The summed E-state index contributed by atoms with van der Waals surface area (Å²) in [5.74, 6) is 0.451. The average molecular weight is 344 g/mol. The van der Waals surface area contributed by atoms with Crippen LogP contribution in [-0.4, -0.2) is 18.6 Å². The van der Waals surface area contributed by atoms with Crippen molar-refractivity contribution in [2.24, 2.45) is 0 Å². The SMILES string of the molecule is C[C@@H](CC#N)NC(=O)COc1cccc(I)c1. The molecular formula is C12H13IN2O2. The van der Waals surface area contributed by atoms with Crippen molar-refractivity contribution >= 4 is 28.5 Å². The third kappa shape index (κ3) is 5.54. The van der Waals surface area contributed by atoms with Gasteiger partial charge in [0, 0.05) is 9.61 Å². The summed E-state index contributed by atoms with van der Waals surface area (Å²) < 4.78 is 6.38. The molecule has 1 rings (SSSR count). The van der Waals surface area contributed by atoms with Gasteiger partial charge in [-0.15, -0.1) is 0 Å². The van der Waals surface area contributed by atoms with Crippen molar-refractivity contribution < 1.29 is 9.53 Å². The summed E-state index contributed by atoms with van der Waals surface area (Å²) in [5, 5.41) is 11.1. The third-order valence-electron chi connectivity index (χ3n) is 1.97. The number of amides is 1. The Balaban J connectivity index is 2.36. The van der Waals surface area contributed by atoms with Crippen LogP contribution < -0.4 is 10.1 Å². The Kier molecular flexibility index (Phi) is 5.77. The van der Waals surface area contributed by atoms with Crippen molar-refractivity contribution in [1.29, 1.82) is 5.26 Å². The first-order valence-corrected chi connectivity index (χ1v) is 6.24. The van der Waals surface area contributed by atoms with Crippen molar-refractivity contribution in [3.8, 4) is 11.8 Å². The van der Waals surface area contributed by atoms with Crippen molar-refractivity contribution in [3.05, 3.63) is 27.8 Å². The van der Waals surface area contributed by atoms with E-state index in [9.17, 15) is 4.79 Å². The second-order valence-corrected chi connectivity index (χ2v) is 4.82. The fraction of sp³-hybridized carbons (Fsp3) is 0.333. The molecule has 1 aromatic carbocycles. The molecule has 0 aromatic heterocycles. The van der Waals surface area contributed by atoms with Gasteiger partial charge in [0.15, 0.2) is 6.61 Å². The van der Waals surface area contributed by atoms with Crippen LogP contribution in [0.5, 0.6) is 5.75 Å². The summed E-state index contributed by atoms with van der Waals surface area (Å²) in [6.45, 7) is 1.75. The van der Waals surface area contributed by atoms with E-state index >= 15 is 0 Å². The number of benzene rings is 1. The number of rotatable bonds is 5. The number of nitrogens with one attached hydrogen (secondary N) is 1. The number of hydrogen-bond donors (Lipinski definition) is 1. The Morgan fingerprint density at radius 2 is 2.41 bits per heavy atom. The highest BCUT2D eigenvalue weighted by Gasteiger charge is 2.07. The lowest BCUT2D eigenvalue weighted by atomic mass is 10.2. The number of nitrogens with zero attached hydrogens (tertiary/aromatic N) is 1. The maximum atomic E-state index is 11.4. The van der Waals surface area contributed by atoms with E-state index in [0.29, 0.717) is 12.2 Å². The molecule has 0 saturated heterocycles. The zero-order chi connectivity index (χ0) is 12.7. The fourth-order valence-electron chi connectivity index (χ4n) is 1.21. The summed E-state index contributed by atoms with van der Waals surface area (Å²) in [6.07, 6.45) is 0.301. The average Bonchev–Trinajstić information content (AvgIpc) is 2.27. The summed E-state index contributed by atoms with van der Waals surface area (Å²) in [4.78, 5) is 11.4. The lowest BCUT2D eigenvalue weighted by molar-refractivity contribution is -0.123. The van der Waals surface area contributed by atoms with Crippen LogP contribution in [0.25, 0.3) is 0 Å². The number of carbonyl (C=O) groups is 1. The molecule has 0 aliphatic carbocycles. The molecule has 1 aromatic rings. The van der Waals surface area contributed by atoms with Gasteiger partial charge in [0.1, 0.15) is 5.75 Å². The minimum Gasteiger partial charge on any atom is -0.484 e. The second kappa shape index (κ2) is 7.12. The maximum Gasteiger partial charge on any atom is 0.258 e. The van der Waals surface area contributed by atoms with Crippen molar-refractivity contribution in [2.75, 3.05) is 6.61 Å². The number of ether oxygens (including phenoxy) is 1. The van der Waals surface area contributed by atoms with Crippen molar-refractivity contribution in [3.63, 3.8) is 0 Å². The highest BCUT2D eigenvalue weighted by molar-refractivity contribution is 14.1. The maximum absolute atomic E-state index is 11.4. The molecule has 0 saturated carbocycles. The van der Waals surface area contributed by atoms with Gasteiger partial charge in [-0.2, -0.15) is 5.26 Å². The highest BCUT2D eigenvalue weighted by atomic mass is 127. The Morgan fingerprint density at radius 3 is 3.06 bits per heavy atom. The number of nitriles is 1. The zero-order valence-corrected chi connectivity index (χ0v) is 11.6. The van der Waals surface area contributed by atoms with Crippen molar-refractivity contribution in [1.82, 2.24) is 5.32 Å². The van der Waals surface area contributed by atoms with Crippen LogP contribution in [0.2, 0.25) is 0 Å². The first kappa shape index (κ1) is 13.8. The zero-order valence-electron chi connectivity index (χ0n) is 9.44. The molecular weight excluding hydrogens is 331 g/mol. The Labute approximate surface area is 114 Å². The van der Waals surface area contributed by atoms with E-state index in [0.717, 1.165) is 3.57 Å². The topological polar surface area (TPSA) is 62.1 Å². The van der Waals surface area contributed by atoms with Crippen LogP contribution in [0.1, 0.15) is 13.3 Å². The first-order valence-electron chi connectivity index (χ1n) is 5.16. The molecule has 0 fully saturated rings. The third-order valence-corrected chi connectivity index (χ3v) is 2.64. The second-order valence-electron chi connectivity index (χ2n) is 3.58. The quantitative estimate of drug-likeness (QED) is 0.832. The molecule has 5 heteroatoms. The molecule has 1 amide bonds. The van der Waals surface area contributed by atoms with Gasteiger partial charge in [0.05, 0.1) is 12.5 Å². The molecule has 0 heterocycles. The Morgan fingerprint density at radius 1 is 1.65 bits per heavy atom. The van der Waals surface area contributed by atoms with E-state index in [4.69, 9.17) is 10.00 Å². The largest absolute Gasteiger partial charge is 0.484 e. The standard InChI is InChI=1S/C12H13IN2O2/c1-9(5-6-14)15-12(16)8-17-11-4-2-3-10(13)7-11/h2-4,7,9H,5,8H2,1H3,(H,15,16)/t9-/m0/s1. The molecule has 0 unspecified atom stereocenters. The summed E-state index contributed by atoms with van der Waals surface area (Å²) >= 11 is 2.18. The van der Waals surface area contributed by atoms with Gasteiger partial charge >= 0.3 is 0 Å². The molecule has 1 N–H and O–H groups in total.